The van der Waals surface area contributed by atoms with Crippen molar-refractivity contribution in [1.82, 2.24) is 14.9 Å². The SMILES string of the molecule is CNc1nc(C)cc(OCC2CCCCN2C)n1. The number of hydrogen-bond acceptors (Lipinski definition) is 5. The summed E-state index contributed by atoms with van der Waals surface area (Å²) < 4.78 is 5.81. The van der Waals surface area contributed by atoms with Crippen molar-refractivity contribution in [2.24, 2.45) is 0 Å². The molecule has 0 amide bonds. The highest BCUT2D eigenvalue weighted by atomic mass is 16.5. The highest BCUT2D eigenvalue weighted by Crippen LogP contribution is 2.17. The van der Waals surface area contributed by atoms with Crippen LogP contribution in [0.1, 0.15) is 25.0 Å². The molecule has 1 aromatic rings. The van der Waals surface area contributed by atoms with Gasteiger partial charge in [0.1, 0.15) is 6.61 Å². The molecule has 0 saturated carbocycles. The zero-order valence-corrected chi connectivity index (χ0v) is 11.4. The number of piperidine rings is 1. The van der Waals surface area contributed by atoms with Gasteiger partial charge in [-0.2, -0.15) is 4.98 Å². The van der Waals surface area contributed by atoms with Gasteiger partial charge in [0.05, 0.1) is 0 Å². The lowest BCUT2D eigenvalue weighted by molar-refractivity contribution is 0.122. The van der Waals surface area contributed by atoms with Crippen LogP contribution >= 0.6 is 0 Å². The Bertz CT molecular complexity index is 397. The third kappa shape index (κ3) is 3.32. The van der Waals surface area contributed by atoms with E-state index in [1.807, 2.05) is 20.0 Å². The summed E-state index contributed by atoms with van der Waals surface area (Å²) in [5.41, 5.74) is 0.918. The van der Waals surface area contributed by atoms with E-state index in [0.717, 1.165) is 5.69 Å². The highest BCUT2D eigenvalue weighted by Gasteiger charge is 2.19. The number of likely N-dealkylation sites (N-methyl/N-ethyl adjacent to an activating group) is 1. The molecule has 1 N–H and O–H groups in total. The molecule has 1 atom stereocenters. The first-order valence-electron chi connectivity index (χ1n) is 6.55. The number of aryl methyl sites for hydroxylation is 1. The van der Waals surface area contributed by atoms with E-state index in [1.54, 1.807) is 0 Å². The van der Waals surface area contributed by atoms with Crippen LogP contribution in [0.15, 0.2) is 6.07 Å². The van der Waals surface area contributed by atoms with Crippen LogP contribution in [0.5, 0.6) is 5.88 Å². The molecule has 0 radical (unpaired) electrons. The molecule has 5 heteroatoms. The summed E-state index contributed by atoms with van der Waals surface area (Å²) in [6, 6.07) is 2.39. The monoisotopic (exact) mass is 250 g/mol. The topological polar surface area (TPSA) is 50.3 Å². The highest BCUT2D eigenvalue weighted by molar-refractivity contribution is 5.29. The van der Waals surface area contributed by atoms with Crippen LogP contribution in [-0.2, 0) is 0 Å². The van der Waals surface area contributed by atoms with Gasteiger partial charge >= 0.3 is 0 Å². The van der Waals surface area contributed by atoms with E-state index in [0.29, 0.717) is 24.5 Å². The van der Waals surface area contributed by atoms with E-state index >= 15 is 0 Å². The molecule has 100 valence electrons. The molecular formula is C13H22N4O. The number of likely N-dealkylation sites (tertiary alicyclic amines) is 1. The summed E-state index contributed by atoms with van der Waals surface area (Å²) in [5.74, 6) is 1.27. The fourth-order valence-electron chi connectivity index (χ4n) is 2.26. The summed E-state index contributed by atoms with van der Waals surface area (Å²) >= 11 is 0. The van der Waals surface area contributed by atoms with Crippen molar-refractivity contribution in [1.29, 1.82) is 0 Å². The van der Waals surface area contributed by atoms with E-state index in [4.69, 9.17) is 4.74 Å². The molecule has 1 saturated heterocycles. The van der Waals surface area contributed by atoms with Crippen molar-refractivity contribution in [3.05, 3.63) is 11.8 Å². The van der Waals surface area contributed by atoms with Crippen molar-refractivity contribution < 1.29 is 4.74 Å². The van der Waals surface area contributed by atoms with Gasteiger partial charge in [-0.1, -0.05) is 6.42 Å². The molecule has 18 heavy (non-hydrogen) atoms. The Balaban J connectivity index is 1.94. The first kappa shape index (κ1) is 13.1. The molecule has 1 aromatic heterocycles. The maximum Gasteiger partial charge on any atom is 0.225 e. The van der Waals surface area contributed by atoms with Gasteiger partial charge in [0.25, 0.3) is 0 Å². The van der Waals surface area contributed by atoms with Crippen LogP contribution in [0, 0.1) is 6.92 Å². The third-order valence-electron chi connectivity index (χ3n) is 3.40. The van der Waals surface area contributed by atoms with Gasteiger partial charge < -0.3 is 15.0 Å². The number of rotatable bonds is 4. The van der Waals surface area contributed by atoms with Crippen molar-refractivity contribution in [2.75, 3.05) is 32.6 Å². The Morgan fingerprint density at radius 2 is 2.28 bits per heavy atom. The van der Waals surface area contributed by atoms with Crippen LogP contribution in [0.4, 0.5) is 5.95 Å². The quantitative estimate of drug-likeness (QED) is 0.881. The minimum Gasteiger partial charge on any atom is -0.476 e. The van der Waals surface area contributed by atoms with Gasteiger partial charge in [-0.3, -0.25) is 0 Å². The molecule has 1 fully saturated rings. The molecule has 0 bridgehead atoms. The lowest BCUT2D eigenvalue weighted by Gasteiger charge is -2.31. The first-order valence-corrected chi connectivity index (χ1v) is 6.55. The van der Waals surface area contributed by atoms with Crippen LogP contribution in [-0.4, -0.2) is 48.2 Å². The van der Waals surface area contributed by atoms with E-state index in [1.165, 1.54) is 25.8 Å². The third-order valence-corrected chi connectivity index (χ3v) is 3.40. The number of ether oxygens (including phenoxy) is 1. The van der Waals surface area contributed by atoms with Crippen LogP contribution in [0.3, 0.4) is 0 Å². The van der Waals surface area contributed by atoms with Gasteiger partial charge in [0.15, 0.2) is 0 Å². The number of aromatic nitrogens is 2. The van der Waals surface area contributed by atoms with E-state index < -0.39 is 0 Å². The summed E-state index contributed by atoms with van der Waals surface area (Å²) in [7, 11) is 3.98. The smallest absolute Gasteiger partial charge is 0.225 e. The number of nitrogens with one attached hydrogen (secondary N) is 1. The summed E-state index contributed by atoms with van der Waals surface area (Å²) in [6.45, 7) is 3.82. The maximum atomic E-state index is 5.81. The molecule has 0 spiro atoms. The summed E-state index contributed by atoms with van der Waals surface area (Å²) in [6.07, 6.45) is 3.80. The van der Waals surface area contributed by atoms with Crippen LogP contribution in [0.2, 0.25) is 0 Å². The minimum absolute atomic E-state index is 0.507. The second kappa shape index (κ2) is 6.00. The second-order valence-corrected chi connectivity index (χ2v) is 4.86. The van der Waals surface area contributed by atoms with Gasteiger partial charge in [0, 0.05) is 24.8 Å². The van der Waals surface area contributed by atoms with Crippen molar-refractivity contribution >= 4 is 5.95 Å². The molecule has 0 aromatic carbocycles. The fraction of sp³-hybridized carbons (Fsp3) is 0.692. The van der Waals surface area contributed by atoms with E-state index in [2.05, 4.69) is 27.2 Å². The first-order chi connectivity index (χ1) is 8.69. The van der Waals surface area contributed by atoms with E-state index in [9.17, 15) is 0 Å². The minimum atomic E-state index is 0.507. The van der Waals surface area contributed by atoms with E-state index in [-0.39, 0.29) is 0 Å². The zero-order chi connectivity index (χ0) is 13.0. The molecule has 2 heterocycles. The molecule has 5 nitrogen and oxygen atoms in total. The van der Waals surface area contributed by atoms with Gasteiger partial charge in [-0.05, 0) is 33.4 Å². The molecule has 0 aliphatic carbocycles. The van der Waals surface area contributed by atoms with Crippen molar-refractivity contribution in [2.45, 2.75) is 32.2 Å². The Kier molecular flexibility index (Phi) is 4.36. The molecular weight excluding hydrogens is 228 g/mol. The normalized spacial score (nSPS) is 20.7. The predicted octanol–water partition coefficient (Wildman–Crippen LogP) is 1.69. The lowest BCUT2D eigenvalue weighted by atomic mass is 10.0. The van der Waals surface area contributed by atoms with Crippen molar-refractivity contribution in [3.8, 4) is 5.88 Å². The second-order valence-electron chi connectivity index (χ2n) is 4.86. The number of hydrogen-bond donors (Lipinski definition) is 1. The Morgan fingerprint density at radius 3 is 3.00 bits per heavy atom. The lowest BCUT2D eigenvalue weighted by Crippen LogP contribution is -2.40. The standard InChI is InChI=1S/C13H22N4O/c1-10-8-12(16-13(14-2)15-10)18-9-11-6-4-5-7-17(11)3/h8,11H,4-7,9H2,1-3H3,(H,14,15,16). The molecule has 1 aliphatic rings. The van der Waals surface area contributed by atoms with Crippen LogP contribution < -0.4 is 10.1 Å². The average Bonchev–Trinajstić information content (AvgIpc) is 2.37. The Morgan fingerprint density at radius 1 is 1.44 bits per heavy atom. The predicted molar refractivity (Wildman–Crippen MR) is 72.1 cm³/mol. The summed E-state index contributed by atoms with van der Waals surface area (Å²) in [4.78, 5) is 10.9. The van der Waals surface area contributed by atoms with Gasteiger partial charge in [-0.15, -0.1) is 0 Å². The van der Waals surface area contributed by atoms with Crippen LogP contribution in [0.25, 0.3) is 0 Å². The molecule has 2 rings (SSSR count). The summed E-state index contributed by atoms with van der Waals surface area (Å²) in [5, 5.41) is 2.94. The number of nitrogens with zero attached hydrogens (tertiary/aromatic N) is 3. The largest absolute Gasteiger partial charge is 0.476 e. The Labute approximate surface area is 109 Å². The zero-order valence-electron chi connectivity index (χ0n) is 11.4. The Hall–Kier alpha value is -1.36. The average molecular weight is 250 g/mol. The van der Waals surface area contributed by atoms with Crippen molar-refractivity contribution in [3.63, 3.8) is 0 Å². The number of anilines is 1. The fourth-order valence-corrected chi connectivity index (χ4v) is 2.26. The maximum absolute atomic E-state index is 5.81. The molecule has 1 unspecified atom stereocenters. The van der Waals surface area contributed by atoms with Gasteiger partial charge in [-0.25, -0.2) is 4.98 Å². The molecule has 1 aliphatic heterocycles. The van der Waals surface area contributed by atoms with Gasteiger partial charge in [0.2, 0.25) is 11.8 Å².